The average Bonchev–Trinajstić information content (AvgIpc) is 3.00. The van der Waals surface area contributed by atoms with Crippen LogP contribution < -0.4 is 5.32 Å². The number of hydrogen-bond acceptors (Lipinski definition) is 4. The van der Waals surface area contributed by atoms with Crippen LogP contribution in [-0.4, -0.2) is 62.9 Å². The van der Waals surface area contributed by atoms with Gasteiger partial charge >= 0.3 is 0 Å². The van der Waals surface area contributed by atoms with Crippen LogP contribution in [0.15, 0.2) is 23.1 Å². The fraction of sp³-hybridized carbons (Fsp3) is 0.571. The molecule has 122 valence electrons. The molecule has 1 unspecified atom stereocenters. The molecule has 0 amide bonds. The molecule has 2 aliphatic heterocycles. The Morgan fingerprint density at radius 2 is 1.68 bits per heavy atom. The fourth-order valence-electron chi connectivity index (χ4n) is 3.09. The van der Waals surface area contributed by atoms with Crippen molar-refractivity contribution in [3.8, 4) is 0 Å². The van der Waals surface area contributed by atoms with Crippen molar-refractivity contribution in [2.45, 2.75) is 17.4 Å². The standard InChI is InChI=1S/C14H19Cl2N3O2S/c15-11-7-12(16)9-14(8-11)22(20,21)19-5-3-18(4-6-19)13-1-2-17-10-13/h7-9,13,17H,1-6,10H2. The zero-order valence-corrected chi connectivity index (χ0v) is 14.5. The summed E-state index contributed by atoms with van der Waals surface area (Å²) in [5, 5.41) is 4.02. The fourth-order valence-corrected chi connectivity index (χ4v) is 5.24. The van der Waals surface area contributed by atoms with Gasteiger partial charge in [0, 0.05) is 48.8 Å². The van der Waals surface area contributed by atoms with E-state index < -0.39 is 10.0 Å². The molecule has 1 N–H and O–H groups in total. The summed E-state index contributed by atoms with van der Waals surface area (Å²) in [4.78, 5) is 2.54. The van der Waals surface area contributed by atoms with Crippen LogP contribution in [0.5, 0.6) is 0 Å². The Hall–Kier alpha value is -0.370. The highest BCUT2D eigenvalue weighted by atomic mass is 35.5. The van der Waals surface area contributed by atoms with Gasteiger partial charge < -0.3 is 5.32 Å². The first-order chi connectivity index (χ1) is 10.5. The lowest BCUT2D eigenvalue weighted by Crippen LogP contribution is -2.52. The lowest BCUT2D eigenvalue weighted by atomic mass is 10.2. The average molecular weight is 364 g/mol. The molecule has 3 rings (SSSR count). The maximum absolute atomic E-state index is 12.7. The summed E-state index contributed by atoms with van der Waals surface area (Å²) in [5.74, 6) is 0. The van der Waals surface area contributed by atoms with Crippen molar-refractivity contribution in [2.75, 3.05) is 39.3 Å². The van der Waals surface area contributed by atoms with Gasteiger partial charge in [0.15, 0.2) is 0 Å². The molecule has 2 heterocycles. The number of nitrogens with zero attached hydrogens (tertiary/aromatic N) is 2. The van der Waals surface area contributed by atoms with Gasteiger partial charge in [-0.1, -0.05) is 23.2 Å². The van der Waals surface area contributed by atoms with Crippen LogP contribution in [0.2, 0.25) is 10.0 Å². The zero-order chi connectivity index (χ0) is 15.7. The second kappa shape index (κ2) is 6.63. The Morgan fingerprint density at radius 3 is 2.23 bits per heavy atom. The van der Waals surface area contributed by atoms with E-state index in [4.69, 9.17) is 23.2 Å². The van der Waals surface area contributed by atoms with E-state index in [1.807, 2.05) is 0 Å². The summed E-state index contributed by atoms with van der Waals surface area (Å²) in [5.41, 5.74) is 0. The third kappa shape index (κ3) is 3.42. The topological polar surface area (TPSA) is 52.7 Å². The van der Waals surface area contributed by atoms with Crippen LogP contribution in [0.4, 0.5) is 0 Å². The van der Waals surface area contributed by atoms with Crippen LogP contribution >= 0.6 is 23.2 Å². The Kier molecular flexibility index (Phi) is 4.97. The molecule has 8 heteroatoms. The van der Waals surface area contributed by atoms with Crippen LogP contribution in [0.1, 0.15) is 6.42 Å². The minimum absolute atomic E-state index is 0.168. The predicted molar refractivity (Wildman–Crippen MR) is 88.1 cm³/mol. The van der Waals surface area contributed by atoms with Gasteiger partial charge in [0.1, 0.15) is 0 Å². The van der Waals surface area contributed by atoms with Gasteiger partial charge in [-0.25, -0.2) is 8.42 Å². The van der Waals surface area contributed by atoms with Crippen molar-refractivity contribution in [1.29, 1.82) is 0 Å². The highest BCUT2D eigenvalue weighted by Crippen LogP contribution is 2.25. The third-order valence-corrected chi connectivity index (χ3v) is 6.61. The van der Waals surface area contributed by atoms with Crippen molar-refractivity contribution in [3.05, 3.63) is 28.2 Å². The highest BCUT2D eigenvalue weighted by Gasteiger charge is 2.32. The second-order valence-corrected chi connectivity index (χ2v) is 8.50. The number of piperazine rings is 1. The molecule has 2 aliphatic rings. The van der Waals surface area contributed by atoms with E-state index in [0.717, 1.165) is 32.6 Å². The summed E-state index contributed by atoms with van der Waals surface area (Å²) < 4.78 is 26.9. The molecule has 0 aromatic heterocycles. The van der Waals surface area contributed by atoms with E-state index in [0.29, 0.717) is 29.2 Å². The van der Waals surface area contributed by atoms with Crippen LogP contribution in [0, 0.1) is 0 Å². The molecule has 1 aromatic rings. The lowest BCUT2D eigenvalue weighted by Gasteiger charge is -2.37. The molecular weight excluding hydrogens is 345 g/mol. The van der Waals surface area contributed by atoms with Crippen LogP contribution in [-0.2, 0) is 10.0 Å². The van der Waals surface area contributed by atoms with Gasteiger partial charge in [-0.3, -0.25) is 4.90 Å². The van der Waals surface area contributed by atoms with E-state index in [1.165, 1.54) is 22.5 Å². The minimum atomic E-state index is -3.53. The highest BCUT2D eigenvalue weighted by molar-refractivity contribution is 7.89. The van der Waals surface area contributed by atoms with Gasteiger partial charge in [0.25, 0.3) is 0 Å². The Balaban J connectivity index is 1.71. The monoisotopic (exact) mass is 363 g/mol. The SMILES string of the molecule is O=S(=O)(c1cc(Cl)cc(Cl)c1)N1CCN(C2CCNC2)CC1. The van der Waals surface area contributed by atoms with Crippen molar-refractivity contribution in [2.24, 2.45) is 0 Å². The van der Waals surface area contributed by atoms with Gasteiger partial charge in [-0.15, -0.1) is 0 Å². The number of hydrogen-bond donors (Lipinski definition) is 1. The van der Waals surface area contributed by atoms with E-state index >= 15 is 0 Å². The van der Waals surface area contributed by atoms with Gasteiger partial charge in [-0.05, 0) is 31.2 Å². The molecule has 0 spiro atoms. The number of halogens is 2. The minimum Gasteiger partial charge on any atom is -0.315 e. The number of rotatable bonds is 3. The van der Waals surface area contributed by atoms with Crippen molar-refractivity contribution in [1.82, 2.24) is 14.5 Å². The van der Waals surface area contributed by atoms with E-state index in [1.54, 1.807) is 0 Å². The maximum Gasteiger partial charge on any atom is 0.243 e. The quantitative estimate of drug-likeness (QED) is 0.887. The summed E-state index contributed by atoms with van der Waals surface area (Å²) >= 11 is 11.8. The van der Waals surface area contributed by atoms with E-state index in [9.17, 15) is 8.42 Å². The zero-order valence-electron chi connectivity index (χ0n) is 12.1. The molecule has 2 saturated heterocycles. The Morgan fingerprint density at radius 1 is 1.05 bits per heavy atom. The summed E-state index contributed by atoms with van der Waals surface area (Å²) in [6, 6.07) is 4.98. The third-order valence-electron chi connectivity index (χ3n) is 4.30. The van der Waals surface area contributed by atoms with E-state index in [2.05, 4.69) is 10.2 Å². The molecule has 0 saturated carbocycles. The predicted octanol–water partition coefficient (Wildman–Crippen LogP) is 1.66. The molecule has 2 fully saturated rings. The second-order valence-electron chi connectivity index (χ2n) is 5.69. The van der Waals surface area contributed by atoms with Crippen LogP contribution in [0.25, 0.3) is 0 Å². The first-order valence-corrected chi connectivity index (χ1v) is 9.57. The summed E-state index contributed by atoms with van der Waals surface area (Å²) in [6.07, 6.45) is 1.14. The molecule has 22 heavy (non-hydrogen) atoms. The van der Waals surface area contributed by atoms with Gasteiger partial charge in [0.2, 0.25) is 10.0 Å². The van der Waals surface area contributed by atoms with Crippen molar-refractivity contribution >= 4 is 33.2 Å². The van der Waals surface area contributed by atoms with Gasteiger partial charge in [-0.2, -0.15) is 4.31 Å². The Labute approximate surface area is 141 Å². The smallest absolute Gasteiger partial charge is 0.243 e. The normalized spacial score (nSPS) is 24.7. The first kappa shape index (κ1) is 16.5. The molecule has 0 radical (unpaired) electrons. The summed E-state index contributed by atoms with van der Waals surface area (Å²) in [7, 11) is -3.53. The number of benzene rings is 1. The largest absolute Gasteiger partial charge is 0.315 e. The molecular formula is C14H19Cl2N3O2S. The molecule has 0 bridgehead atoms. The van der Waals surface area contributed by atoms with Crippen molar-refractivity contribution in [3.63, 3.8) is 0 Å². The molecule has 5 nitrogen and oxygen atoms in total. The summed E-state index contributed by atoms with van der Waals surface area (Å²) in [6.45, 7) is 4.58. The number of sulfonamides is 1. The number of nitrogens with one attached hydrogen (secondary N) is 1. The maximum atomic E-state index is 12.7. The lowest BCUT2D eigenvalue weighted by molar-refractivity contribution is 0.145. The molecule has 0 aliphatic carbocycles. The molecule has 1 atom stereocenters. The molecule has 1 aromatic carbocycles. The van der Waals surface area contributed by atoms with Gasteiger partial charge in [0.05, 0.1) is 4.90 Å². The Bertz CT molecular complexity index is 619. The van der Waals surface area contributed by atoms with E-state index in [-0.39, 0.29) is 4.90 Å². The first-order valence-electron chi connectivity index (χ1n) is 7.38. The van der Waals surface area contributed by atoms with Crippen LogP contribution in [0.3, 0.4) is 0 Å². The van der Waals surface area contributed by atoms with Crippen molar-refractivity contribution < 1.29 is 8.42 Å².